The van der Waals surface area contributed by atoms with Crippen LogP contribution in [0.3, 0.4) is 0 Å². The zero-order valence-corrected chi connectivity index (χ0v) is 14.3. The average Bonchev–Trinajstić information content (AvgIpc) is 2.49. The van der Waals surface area contributed by atoms with Crippen LogP contribution >= 0.6 is 11.6 Å². The van der Waals surface area contributed by atoms with Crippen molar-refractivity contribution < 1.29 is 13.2 Å². The first kappa shape index (κ1) is 18.6. The second-order valence-corrected chi connectivity index (χ2v) is 6.66. The Morgan fingerprint density at radius 2 is 1.91 bits per heavy atom. The molecule has 1 saturated heterocycles. The summed E-state index contributed by atoms with van der Waals surface area (Å²) in [7, 11) is 0. The highest BCUT2D eigenvalue weighted by molar-refractivity contribution is 6.30. The highest BCUT2D eigenvalue weighted by atomic mass is 35.5. The minimum absolute atomic E-state index is 0.128. The molecule has 130 valence electrons. The number of piperazine rings is 1. The Balaban J connectivity index is 2.45. The molecule has 6 heteroatoms. The first-order valence-electron chi connectivity index (χ1n) is 8.16. The fourth-order valence-electron chi connectivity index (χ4n) is 3.47. The summed E-state index contributed by atoms with van der Waals surface area (Å²) in [6.45, 7) is 7.26. The lowest BCUT2D eigenvalue weighted by Crippen LogP contribution is -2.47. The summed E-state index contributed by atoms with van der Waals surface area (Å²) in [5, 5.41) is 3.39. The van der Waals surface area contributed by atoms with E-state index in [1.54, 1.807) is 12.1 Å². The van der Waals surface area contributed by atoms with Gasteiger partial charge in [-0.05, 0) is 30.0 Å². The fourth-order valence-corrected chi connectivity index (χ4v) is 3.64. The molecule has 0 saturated carbocycles. The molecular formula is C17H24ClF3N2. The standard InChI is InChI=1S/C17H24ClF3N2/c1-3-4-12(2)16(23-9-7-22-8-10-23)14-6-5-13(18)11-15(14)17(19,20)21/h5-6,11-12,16,22H,3-4,7-10H2,1-2H3/t12?,16-/m0/s1. The molecule has 0 spiro atoms. The molecule has 1 aromatic carbocycles. The molecule has 1 unspecified atom stereocenters. The second kappa shape index (κ2) is 7.86. The van der Waals surface area contributed by atoms with E-state index in [0.717, 1.165) is 45.1 Å². The SMILES string of the molecule is CCCC(C)[C@@H](c1ccc(Cl)cc1C(F)(F)F)N1CCNCC1. The third-order valence-electron chi connectivity index (χ3n) is 4.47. The van der Waals surface area contributed by atoms with Crippen molar-refractivity contribution in [1.29, 1.82) is 0 Å². The summed E-state index contributed by atoms with van der Waals surface area (Å²) >= 11 is 5.83. The Kier molecular flexibility index (Phi) is 6.34. The Morgan fingerprint density at radius 3 is 2.48 bits per heavy atom. The fraction of sp³-hybridized carbons (Fsp3) is 0.647. The van der Waals surface area contributed by atoms with Crippen molar-refractivity contribution in [2.24, 2.45) is 5.92 Å². The van der Waals surface area contributed by atoms with Gasteiger partial charge < -0.3 is 5.32 Å². The van der Waals surface area contributed by atoms with Crippen molar-refractivity contribution in [2.75, 3.05) is 26.2 Å². The van der Waals surface area contributed by atoms with Gasteiger partial charge in [-0.1, -0.05) is 37.9 Å². The third kappa shape index (κ3) is 4.61. The first-order chi connectivity index (χ1) is 10.8. The van der Waals surface area contributed by atoms with Crippen LogP contribution in [0.25, 0.3) is 0 Å². The number of alkyl halides is 3. The third-order valence-corrected chi connectivity index (χ3v) is 4.70. The van der Waals surface area contributed by atoms with Gasteiger partial charge in [0.1, 0.15) is 0 Å². The van der Waals surface area contributed by atoms with E-state index in [4.69, 9.17) is 11.6 Å². The summed E-state index contributed by atoms with van der Waals surface area (Å²) in [6.07, 6.45) is -2.54. The molecule has 2 atom stereocenters. The van der Waals surface area contributed by atoms with Gasteiger partial charge in [0.2, 0.25) is 0 Å². The van der Waals surface area contributed by atoms with Gasteiger partial charge in [0, 0.05) is 37.2 Å². The van der Waals surface area contributed by atoms with Crippen LogP contribution in [0.5, 0.6) is 0 Å². The topological polar surface area (TPSA) is 15.3 Å². The van der Waals surface area contributed by atoms with Crippen molar-refractivity contribution in [2.45, 2.75) is 38.9 Å². The lowest BCUT2D eigenvalue weighted by Gasteiger charge is -2.39. The minimum atomic E-state index is -4.39. The normalized spacial score (nSPS) is 19.6. The molecular weight excluding hydrogens is 325 g/mol. The maximum atomic E-state index is 13.5. The highest BCUT2D eigenvalue weighted by Gasteiger charge is 2.38. The summed E-state index contributed by atoms with van der Waals surface area (Å²) in [6, 6.07) is 3.96. The predicted molar refractivity (Wildman–Crippen MR) is 87.7 cm³/mol. The maximum Gasteiger partial charge on any atom is 0.416 e. The summed E-state index contributed by atoms with van der Waals surface area (Å²) in [5.41, 5.74) is -0.249. The van der Waals surface area contributed by atoms with E-state index in [0.29, 0.717) is 5.56 Å². The average molecular weight is 349 g/mol. The number of hydrogen-bond donors (Lipinski definition) is 1. The van der Waals surface area contributed by atoms with Crippen molar-refractivity contribution >= 4 is 11.6 Å². The Hall–Kier alpha value is -0.780. The van der Waals surface area contributed by atoms with Gasteiger partial charge >= 0.3 is 6.18 Å². The van der Waals surface area contributed by atoms with Crippen LogP contribution in [-0.2, 0) is 6.18 Å². The summed E-state index contributed by atoms with van der Waals surface area (Å²) in [5.74, 6) is 0.153. The predicted octanol–water partition coefficient (Wildman–Crippen LogP) is 4.74. The zero-order chi connectivity index (χ0) is 17.0. The molecule has 2 rings (SSSR count). The van der Waals surface area contributed by atoms with E-state index >= 15 is 0 Å². The lowest BCUT2D eigenvalue weighted by atomic mass is 9.86. The maximum absolute atomic E-state index is 13.5. The minimum Gasteiger partial charge on any atom is -0.314 e. The second-order valence-electron chi connectivity index (χ2n) is 6.23. The Bertz CT molecular complexity index is 513. The molecule has 0 radical (unpaired) electrons. The smallest absolute Gasteiger partial charge is 0.314 e. The van der Waals surface area contributed by atoms with Crippen LogP contribution in [0, 0.1) is 5.92 Å². The van der Waals surface area contributed by atoms with Crippen LogP contribution < -0.4 is 5.32 Å². The van der Waals surface area contributed by atoms with Gasteiger partial charge in [0.15, 0.2) is 0 Å². The molecule has 0 aliphatic carbocycles. The molecule has 1 aliphatic heterocycles. The summed E-state index contributed by atoms with van der Waals surface area (Å²) < 4.78 is 40.5. The van der Waals surface area contributed by atoms with E-state index in [-0.39, 0.29) is 17.0 Å². The molecule has 1 N–H and O–H groups in total. The van der Waals surface area contributed by atoms with E-state index in [1.165, 1.54) is 0 Å². The van der Waals surface area contributed by atoms with E-state index in [9.17, 15) is 13.2 Å². The van der Waals surface area contributed by atoms with Crippen molar-refractivity contribution in [3.63, 3.8) is 0 Å². The van der Waals surface area contributed by atoms with Gasteiger partial charge in [0.25, 0.3) is 0 Å². The number of benzene rings is 1. The zero-order valence-electron chi connectivity index (χ0n) is 13.6. The van der Waals surface area contributed by atoms with Gasteiger partial charge in [0.05, 0.1) is 5.56 Å². The van der Waals surface area contributed by atoms with Crippen LogP contribution in [0.15, 0.2) is 18.2 Å². The van der Waals surface area contributed by atoms with Crippen molar-refractivity contribution in [1.82, 2.24) is 10.2 Å². The van der Waals surface area contributed by atoms with Crippen molar-refractivity contribution in [3.8, 4) is 0 Å². The van der Waals surface area contributed by atoms with Gasteiger partial charge in [-0.15, -0.1) is 0 Å². The molecule has 0 amide bonds. The van der Waals surface area contributed by atoms with Crippen LogP contribution in [0.2, 0.25) is 5.02 Å². The highest BCUT2D eigenvalue weighted by Crippen LogP contribution is 2.41. The van der Waals surface area contributed by atoms with E-state index < -0.39 is 11.7 Å². The quantitative estimate of drug-likeness (QED) is 0.826. The molecule has 1 aromatic rings. The molecule has 0 aromatic heterocycles. The first-order valence-corrected chi connectivity index (χ1v) is 8.53. The number of hydrogen-bond acceptors (Lipinski definition) is 2. The number of nitrogens with one attached hydrogen (secondary N) is 1. The number of halogens is 4. The van der Waals surface area contributed by atoms with Crippen LogP contribution in [0.4, 0.5) is 13.2 Å². The van der Waals surface area contributed by atoms with Crippen LogP contribution in [-0.4, -0.2) is 31.1 Å². The molecule has 1 aliphatic rings. The van der Waals surface area contributed by atoms with Gasteiger partial charge in [-0.2, -0.15) is 13.2 Å². The molecule has 2 nitrogen and oxygen atoms in total. The molecule has 0 bridgehead atoms. The lowest BCUT2D eigenvalue weighted by molar-refractivity contribution is -0.139. The van der Waals surface area contributed by atoms with Gasteiger partial charge in [-0.25, -0.2) is 0 Å². The van der Waals surface area contributed by atoms with Crippen molar-refractivity contribution in [3.05, 3.63) is 34.3 Å². The Morgan fingerprint density at radius 1 is 1.26 bits per heavy atom. The summed E-state index contributed by atoms with van der Waals surface area (Å²) in [4.78, 5) is 2.18. The van der Waals surface area contributed by atoms with Crippen LogP contribution in [0.1, 0.15) is 43.9 Å². The Labute approximate surface area is 141 Å². The van der Waals surface area contributed by atoms with E-state index in [1.807, 2.05) is 6.92 Å². The monoisotopic (exact) mass is 348 g/mol. The van der Waals surface area contributed by atoms with E-state index in [2.05, 4.69) is 17.1 Å². The molecule has 1 heterocycles. The largest absolute Gasteiger partial charge is 0.416 e. The molecule has 1 fully saturated rings. The van der Waals surface area contributed by atoms with Gasteiger partial charge in [-0.3, -0.25) is 4.90 Å². The number of nitrogens with zero attached hydrogens (tertiary/aromatic N) is 1. The molecule has 23 heavy (non-hydrogen) atoms. The number of rotatable bonds is 5.